The number of rotatable bonds is 2. The van der Waals surface area contributed by atoms with E-state index in [1.54, 1.807) is 12.3 Å². The SMILES string of the molecule is O=C(O)c1cccn(C2CCCOC2)c1=O. The van der Waals surface area contributed by atoms with Gasteiger partial charge in [-0.05, 0) is 25.0 Å². The predicted octanol–water partition coefficient (Wildman–Crippen LogP) is 0.898. The molecule has 1 aromatic rings. The number of carboxylic acid groups (broad SMARTS) is 1. The van der Waals surface area contributed by atoms with Crippen LogP contribution in [0.2, 0.25) is 0 Å². The summed E-state index contributed by atoms with van der Waals surface area (Å²) in [7, 11) is 0. The minimum absolute atomic E-state index is 0.0412. The summed E-state index contributed by atoms with van der Waals surface area (Å²) in [6.45, 7) is 1.19. The predicted molar refractivity (Wildman–Crippen MR) is 56.8 cm³/mol. The van der Waals surface area contributed by atoms with Crippen LogP contribution in [0.4, 0.5) is 0 Å². The molecule has 0 aliphatic carbocycles. The first-order valence-electron chi connectivity index (χ1n) is 5.22. The van der Waals surface area contributed by atoms with E-state index in [-0.39, 0.29) is 11.6 Å². The quantitative estimate of drug-likeness (QED) is 0.808. The lowest BCUT2D eigenvalue weighted by atomic mass is 10.1. The van der Waals surface area contributed by atoms with Gasteiger partial charge in [-0.25, -0.2) is 4.79 Å². The molecule has 1 N–H and O–H groups in total. The van der Waals surface area contributed by atoms with Crippen molar-refractivity contribution in [3.05, 3.63) is 34.2 Å². The van der Waals surface area contributed by atoms with Crippen molar-refractivity contribution in [2.24, 2.45) is 0 Å². The Morgan fingerprint density at radius 1 is 1.56 bits per heavy atom. The molecule has 0 amide bonds. The van der Waals surface area contributed by atoms with E-state index in [1.165, 1.54) is 10.6 Å². The number of hydrogen-bond donors (Lipinski definition) is 1. The lowest BCUT2D eigenvalue weighted by Crippen LogP contribution is -2.32. The minimum Gasteiger partial charge on any atom is -0.477 e. The molecule has 5 nitrogen and oxygen atoms in total. The lowest BCUT2D eigenvalue weighted by molar-refractivity contribution is 0.0571. The molecule has 0 radical (unpaired) electrons. The second kappa shape index (κ2) is 4.49. The van der Waals surface area contributed by atoms with Crippen molar-refractivity contribution in [2.45, 2.75) is 18.9 Å². The van der Waals surface area contributed by atoms with Crippen molar-refractivity contribution in [3.8, 4) is 0 Å². The Bertz CT molecular complexity index is 446. The van der Waals surface area contributed by atoms with Gasteiger partial charge in [-0.3, -0.25) is 4.79 Å². The Morgan fingerprint density at radius 2 is 2.38 bits per heavy atom. The van der Waals surface area contributed by atoms with Gasteiger partial charge in [0.05, 0.1) is 12.6 Å². The zero-order chi connectivity index (χ0) is 11.5. The monoisotopic (exact) mass is 223 g/mol. The van der Waals surface area contributed by atoms with Crippen molar-refractivity contribution in [1.29, 1.82) is 0 Å². The summed E-state index contributed by atoms with van der Waals surface area (Å²) in [6, 6.07) is 2.87. The molecule has 0 aromatic carbocycles. The maximum absolute atomic E-state index is 11.8. The molecule has 5 heteroatoms. The normalized spacial score (nSPS) is 20.6. The molecule has 0 bridgehead atoms. The largest absolute Gasteiger partial charge is 0.477 e. The maximum atomic E-state index is 11.8. The number of ether oxygens (including phenoxy) is 1. The van der Waals surface area contributed by atoms with Gasteiger partial charge in [-0.15, -0.1) is 0 Å². The summed E-state index contributed by atoms with van der Waals surface area (Å²) < 4.78 is 6.75. The third kappa shape index (κ3) is 1.99. The van der Waals surface area contributed by atoms with Gasteiger partial charge < -0.3 is 14.4 Å². The van der Waals surface area contributed by atoms with E-state index >= 15 is 0 Å². The fourth-order valence-electron chi connectivity index (χ4n) is 1.90. The van der Waals surface area contributed by atoms with E-state index in [0.717, 1.165) is 12.8 Å². The summed E-state index contributed by atoms with van der Waals surface area (Å²) >= 11 is 0. The van der Waals surface area contributed by atoms with Gasteiger partial charge in [-0.2, -0.15) is 0 Å². The standard InChI is InChI=1S/C11H13NO4/c13-10-9(11(14)15)4-1-5-12(10)8-3-2-6-16-7-8/h1,4-5,8H,2-3,6-7H2,(H,14,15). The number of hydrogen-bond acceptors (Lipinski definition) is 3. The molecular weight excluding hydrogens is 210 g/mol. The van der Waals surface area contributed by atoms with Crippen LogP contribution in [-0.2, 0) is 4.74 Å². The first-order valence-corrected chi connectivity index (χ1v) is 5.22. The van der Waals surface area contributed by atoms with Crippen molar-refractivity contribution in [2.75, 3.05) is 13.2 Å². The number of nitrogens with zero attached hydrogens (tertiary/aromatic N) is 1. The van der Waals surface area contributed by atoms with Crippen LogP contribution in [0.25, 0.3) is 0 Å². The number of carbonyl (C=O) groups is 1. The Balaban J connectivity index is 2.37. The van der Waals surface area contributed by atoms with Crippen molar-refractivity contribution >= 4 is 5.97 Å². The number of aromatic nitrogens is 1. The van der Waals surface area contributed by atoms with E-state index in [2.05, 4.69) is 0 Å². The molecule has 86 valence electrons. The van der Waals surface area contributed by atoms with E-state index < -0.39 is 11.5 Å². The van der Waals surface area contributed by atoms with Gasteiger partial charge in [0, 0.05) is 12.8 Å². The molecule has 1 fully saturated rings. The van der Waals surface area contributed by atoms with Gasteiger partial charge in [0.25, 0.3) is 5.56 Å². The van der Waals surface area contributed by atoms with E-state index in [1.807, 2.05) is 0 Å². The summed E-state index contributed by atoms with van der Waals surface area (Å²) in [6.07, 6.45) is 3.37. The highest BCUT2D eigenvalue weighted by Gasteiger charge is 2.19. The van der Waals surface area contributed by atoms with Gasteiger partial charge in [0.15, 0.2) is 0 Å². The zero-order valence-electron chi connectivity index (χ0n) is 8.76. The van der Waals surface area contributed by atoms with E-state index in [4.69, 9.17) is 9.84 Å². The topological polar surface area (TPSA) is 68.5 Å². The van der Waals surface area contributed by atoms with Crippen LogP contribution in [0.3, 0.4) is 0 Å². The van der Waals surface area contributed by atoms with Gasteiger partial charge >= 0.3 is 5.97 Å². The summed E-state index contributed by atoms with van der Waals surface area (Å²) in [4.78, 5) is 22.6. The summed E-state index contributed by atoms with van der Waals surface area (Å²) in [5.41, 5.74) is -0.640. The van der Waals surface area contributed by atoms with Gasteiger partial charge in [0.1, 0.15) is 5.56 Å². The summed E-state index contributed by atoms with van der Waals surface area (Å²) in [5.74, 6) is -1.18. The van der Waals surface area contributed by atoms with Crippen LogP contribution in [0.15, 0.2) is 23.1 Å². The molecule has 1 atom stereocenters. The number of aromatic carboxylic acids is 1. The summed E-state index contributed by atoms with van der Waals surface area (Å²) in [5, 5.41) is 8.84. The fourth-order valence-corrected chi connectivity index (χ4v) is 1.90. The van der Waals surface area contributed by atoms with Crippen LogP contribution < -0.4 is 5.56 Å². The van der Waals surface area contributed by atoms with Crippen molar-refractivity contribution in [3.63, 3.8) is 0 Å². The highest BCUT2D eigenvalue weighted by Crippen LogP contribution is 2.17. The molecule has 0 saturated carbocycles. The Kier molecular flexibility index (Phi) is 3.05. The molecular formula is C11H13NO4. The molecule has 2 heterocycles. The molecule has 1 saturated heterocycles. The lowest BCUT2D eigenvalue weighted by Gasteiger charge is -2.24. The Morgan fingerprint density at radius 3 is 3.00 bits per heavy atom. The van der Waals surface area contributed by atoms with E-state index in [9.17, 15) is 9.59 Å². The minimum atomic E-state index is -1.18. The molecule has 1 aliphatic rings. The van der Waals surface area contributed by atoms with Crippen LogP contribution in [-0.4, -0.2) is 28.9 Å². The third-order valence-corrected chi connectivity index (χ3v) is 2.73. The smallest absolute Gasteiger partial charge is 0.341 e. The molecule has 16 heavy (non-hydrogen) atoms. The Labute approximate surface area is 92.3 Å². The van der Waals surface area contributed by atoms with E-state index in [0.29, 0.717) is 13.2 Å². The fraction of sp³-hybridized carbons (Fsp3) is 0.455. The van der Waals surface area contributed by atoms with Gasteiger partial charge in [-0.1, -0.05) is 0 Å². The molecule has 2 rings (SSSR count). The average molecular weight is 223 g/mol. The molecule has 1 aromatic heterocycles. The molecule has 1 aliphatic heterocycles. The van der Waals surface area contributed by atoms with Crippen LogP contribution in [0.5, 0.6) is 0 Å². The first kappa shape index (κ1) is 10.9. The van der Waals surface area contributed by atoms with Crippen LogP contribution >= 0.6 is 0 Å². The Hall–Kier alpha value is -1.62. The molecule has 1 unspecified atom stereocenters. The zero-order valence-corrected chi connectivity index (χ0v) is 8.76. The van der Waals surface area contributed by atoms with Crippen LogP contribution in [0, 0.1) is 0 Å². The van der Waals surface area contributed by atoms with Crippen LogP contribution in [0.1, 0.15) is 29.2 Å². The third-order valence-electron chi connectivity index (χ3n) is 2.73. The number of pyridine rings is 1. The highest BCUT2D eigenvalue weighted by atomic mass is 16.5. The van der Waals surface area contributed by atoms with Gasteiger partial charge in [0.2, 0.25) is 0 Å². The first-order chi connectivity index (χ1) is 7.70. The maximum Gasteiger partial charge on any atom is 0.341 e. The van der Waals surface area contributed by atoms with Crippen molar-refractivity contribution in [1.82, 2.24) is 4.57 Å². The molecule has 0 spiro atoms. The second-order valence-electron chi connectivity index (χ2n) is 3.81. The number of carboxylic acids is 1. The highest BCUT2D eigenvalue weighted by molar-refractivity contribution is 5.86. The average Bonchev–Trinajstić information content (AvgIpc) is 2.30. The second-order valence-corrected chi connectivity index (χ2v) is 3.81. The van der Waals surface area contributed by atoms with Crippen molar-refractivity contribution < 1.29 is 14.6 Å².